The van der Waals surface area contributed by atoms with Crippen molar-refractivity contribution in [2.45, 2.75) is 19.9 Å². The van der Waals surface area contributed by atoms with Gasteiger partial charge in [0.1, 0.15) is 0 Å². The molecule has 0 radical (unpaired) electrons. The fraction of sp³-hybridized carbons (Fsp3) is 0.857. The van der Waals surface area contributed by atoms with Crippen molar-refractivity contribution in [1.82, 2.24) is 10.6 Å². The van der Waals surface area contributed by atoms with Crippen LogP contribution in [-0.4, -0.2) is 30.8 Å². The molecule has 1 rings (SSSR count). The van der Waals surface area contributed by atoms with Crippen molar-refractivity contribution in [3.63, 3.8) is 0 Å². The number of thiol groups is 1. The standard InChI is InChI=1S/C5H10N2OS.C2H6/c8-5(9)4-3-6-1-2-7-4;1-2/h4,6-7H,1-3H2,(H,8,9);1-2H3. The normalized spacial score (nSPS) is 23.4. The molecule has 1 atom stereocenters. The Morgan fingerprint density at radius 3 is 2.36 bits per heavy atom. The van der Waals surface area contributed by atoms with Crippen molar-refractivity contribution in [3.8, 4) is 0 Å². The highest BCUT2D eigenvalue weighted by Gasteiger charge is 2.15. The highest BCUT2D eigenvalue weighted by Crippen LogP contribution is 1.91. The largest absolute Gasteiger partial charge is 0.313 e. The van der Waals surface area contributed by atoms with Crippen molar-refractivity contribution in [3.05, 3.63) is 0 Å². The van der Waals surface area contributed by atoms with E-state index in [1.54, 1.807) is 0 Å². The van der Waals surface area contributed by atoms with Crippen LogP contribution in [-0.2, 0) is 4.79 Å². The monoisotopic (exact) mass is 176 g/mol. The van der Waals surface area contributed by atoms with Gasteiger partial charge in [0.25, 0.3) is 0 Å². The minimum absolute atomic E-state index is 0.0813. The molecule has 0 amide bonds. The van der Waals surface area contributed by atoms with Crippen LogP contribution in [0.25, 0.3) is 0 Å². The molecule has 1 aliphatic heterocycles. The number of nitrogens with one attached hydrogen (secondary N) is 2. The molecular weight excluding hydrogens is 160 g/mol. The molecule has 4 heteroatoms. The zero-order valence-electron chi connectivity index (χ0n) is 7.05. The van der Waals surface area contributed by atoms with E-state index < -0.39 is 0 Å². The number of carbonyl (C=O) groups is 1. The molecule has 66 valence electrons. The maximum Gasteiger partial charge on any atom is 0.204 e. The molecule has 2 N–H and O–H groups in total. The van der Waals surface area contributed by atoms with Crippen molar-refractivity contribution < 1.29 is 4.79 Å². The molecule has 0 aliphatic carbocycles. The summed E-state index contributed by atoms with van der Waals surface area (Å²) in [6.07, 6.45) is 0. The minimum atomic E-state index is -0.0814. The summed E-state index contributed by atoms with van der Waals surface area (Å²) in [4.78, 5) is 10.6. The molecule has 1 aliphatic rings. The van der Waals surface area contributed by atoms with Gasteiger partial charge in [0.15, 0.2) is 0 Å². The summed E-state index contributed by atoms with van der Waals surface area (Å²) in [6.45, 7) is 6.51. The Kier molecular flexibility index (Phi) is 6.60. The van der Waals surface area contributed by atoms with Gasteiger partial charge >= 0.3 is 0 Å². The number of rotatable bonds is 1. The third-order valence-electron chi connectivity index (χ3n) is 1.34. The van der Waals surface area contributed by atoms with E-state index >= 15 is 0 Å². The van der Waals surface area contributed by atoms with Crippen molar-refractivity contribution in [1.29, 1.82) is 0 Å². The van der Waals surface area contributed by atoms with Gasteiger partial charge in [-0.3, -0.25) is 4.79 Å². The lowest BCUT2D eigenvalue weighted by Gasteiger charge is -2.20. The van der Waals surface area contributed by atoms with E-state index in [0.717, 1.165) is 13.1 Å². The highest BCUT2D eigenvalue weighted by atomic mass is 32.1. The third-order valence-corrected chi connectivity index (χ3v) is 1.65. The van der Waals surface area contributed by atoms with Gasteiger partial charge in [-0.25, -0.2) is 0 Å². The second-order valence-electron chi connectivity index (χ2n) is 2.05. The van der Waals surface area contributed by atoms with E-state index in [4.69, 9.17) is 0 Å². The minimum Gasteiger partial charge on any atom is -0.313 e. The van der Waals surface area contributed by atoms with Gasteiger partial charge in [-0.05, 0) is 0 Å². The molecule has 0 saturated carbocycles. The van der Waals surface area contributed by atoms with Crippen LogP contribution < -0.4 is 10.6 Å². The molecule has 0 aromatic carbocycles. The summed E-state index contributed by atoms with van der Waals surface area (Å²) < 4.78 is 0. The number of piperazine rings is 1. The van der Waals surface area contributed by atoms with Crippen molar-refractivity contribution in [2.24, 2.45) is 0 Å². The van der Waals surface area contributed by atoms with E-state index in [-0.39, 0.29) is 11.2 Å². The van der Waals surface area contributed by atoms with E-state index in [1.807, 2.05) is 13.8 Å². The second-order valence-corrected chi connectivity index (χ2v) is 2.49. The van der Waals surface area contributed by atoms with E-state index in [2.05, 4.69) is 23.3 Å². The van der Waals surface area contributed by atoms with Gasteiger partial charge in [-0.1, -0.05) is 13.8 Å². The smallest absolute Gasteiger partial charge is 0.204 e. The number of hydrogen-bond acceptors (Lipinski definition) is 3. The SMILES string of the molecule is CC.O=C(S)C1CNCCN1. The van der Waals surface area contributed by atoms with Gasteiger partial charge in [-0.15, -0.1) is 12.6 Å². The molecule has 0 bridgehead atoms. The molecule has 1 heterocycles. The Morgan fingerprint density at radius 2 is 2.09 bits per heavy atom. The van der Waals surface area contributed by atoms with Crippen LogP contribution in [0.1, 0.15) is 13.8 Å². The summed E-state index contributed by atoms with van der Waals surface area (Å²) in [5.41, 5.74) is 0. The molecule has 1 unspecified atom stereocenters. The lowest BCUT2D eigenvalue weighted by molar-refractivity contribution is -0.112. The summed E-state index contributed by atoms with van der Waals surface area (Å²) >= 11 is 3.70. The van der Waals surface area contributed by atoms with Gasteiger partial charge < -0.3 is 10.6 Å². The lowest BCUT2D eigenvalue weighted by atomic mass is 10.3. The molecule has 11 heavy (non-hydrogen) atoms. The summed E-state index contributed by atoms with van der Waals surface area (Å²) in [7, 11) is 0. The molecule has 1 fully saturated rings. The zero-order chi connectivity index (χ0) is 8.69. The Bertz CT molecular complexity index is 113. The highest BCUT2D eigenvalue weighted by molar-refractivity contribution is 7.96. The van der Waals surface area contributed by atoms with Crippen molar-refractivity contribution >= 4 is 17.7 Å². The van der Waals surface area contributed by atoms with E-state index in [9.17, 15) is 4.79 Å². The first-order chi connectivity index (χ1) is 5.30. The van der Waals surface area contributed by atoms with E-state index in [1.165, 1.54) is 0 Å². The second kappa shape index (κ2) is 6.64. The van der Waals surface area contributed by atoms with Gasteiger partial charge in [0.2, 0.25) is 5.12 Å². The van der Waals surface area contributed by atoms with Crippen LogP contribution in [0.3, 0.4) is 0 Å². The molecule has 0 spiro atoms. The van der Waals surface area contributed by atoms with Crippen LogP contribution in [0.15, 0.2) is 0 Å². The summed E-state index contributed by atoms with van der Waals surface area (Å²) in [6, 6.07) is -0.0814. The van der Waals surface area contributed by atoms with Crippen LogP contribution in [0, 0.1) is 0 Å². The molecule has 3 nitrogen and oxygen atoms in total. The van der Waals surface area contributed by atoms with Crippen LogP contribution in [0.4, 0.5) is 0 Å². The van der Waals surface area contributed by atoms with Gasteiger partial charge in [0, 0.05) is 19.6 Å². The first kappa shape index (κ1) is 10.9. The maximum absolute atomic E-state index is 10.6. The first-order valence-electron chi connectivity index (χ1n) is 3.97. The van der Waals surface area contributed by atoms with Gasteiger partial charge in [0.05, 0.1) is 6.04 Å². The quantitative estimate of drug-likeness (QED) is 0.494. The molecule has 0 aromatic heterocycles. The topological polar surface area (TPSA) is 41.1 Å². The Hall–Kier alpha value is -0.0600. The molecular formula is C7H16N2OS. The van der Waals surface area contributed by atoms with Gasteiger partial charge in [-0.2, -0.15) is 0 Å². The van der Waals surface area contributed by atoms with Crippen LogP contribution in [0.2, 0.25) is 0 Å². The fourth-order valence-corrected chi connectivity index (χ4v) is 1.01. The third kappa shape index (κ3) is 4.40. The van der Waals surface area contributed by atoms with Crippen LogP contribution in [0.5, 0.6) is 0 Å². The lowest BCUT2D eigenvalue weighted by Crippen LogP contribution is -2.51. The predicted molar refractivity (Wildman–Crippen MR) is 50.0 cm³/mol. The first-order valence-corrected chi connectivity index (χ1v) is 4.42. The van der Waals surface area contributed by atoms with Crippen LogP contribution >= 0.6 is 12.6 Å². The zero-order valence-corrected chi connectivity index (χ0v) is 7.95. The number of hydrogen-bond donors (Lipinski definition) is 3. The average Bonchev–Trinajstić information content (AvgIpc) is 2.10. The van der Waals surface area contributed by atoms with Crippen molar-refractivity contribution in [2.75, 3.05) is 19.6 Å². The molecule has 0 aromatic rings. The Morgan fingerprint density at radius 1 is 1.45 bits per heavy atom. The number of carbonyl (C=O) groups excluding carboxylic acids is 1. The Labute approximate surface area is 73.3 Å². The van der Waals surface area contributed by atoms with E-state index in [0.29, 0.717) is 6.54 Å². The summed E-state index contributed by atoms with van der Waals surface area (Å²) in [5.74, 6) is 0. The Balaban J connectivity index is 0.000000461. The maximum atomic E-state index is 10.6. The summed E-state index contributed by atoms with van der Waals surface area (Å²) in [5, 5.41) is 6.03. The fourth-order valence-electron chi connectivity index (χ4n) is 0.828. The molecule has 1 saturated heterocycles. The predicted octanol–water partition coefficient (Wildman–Crippen LogP) is 0.0304. The average molecular weight is 176 g/mol.